The molecule has 0 aliphatic rings. The van der Waals surface area contributed by atoms with Crippen molar-refractivity contribution >= 4 is 11.6 Å². The summed E-state index contributed by atoms with van der Waals surface area (Å²) < 4.78 is 0. The Balaban J connectivity index is 2.63. The smallest absolute Gasteiger partial charge is 0.162 e. The van der Waals surface area contributed by atoms with Crippen molar-refractivity contribution in [2.24, 2.45) is 0 Å². The maximum absolute atomic E-state index is 11.7. The van der Waals surface area contributed by atoms with Gasteiger partial charge in [0.25, 0.3) is 0 Å². The van der Waals surface area contributed by atoms with E-state index >= 15 is 0 Å². The van der Waals surface area contributed by atoms with Gasteiger partial charge in [-0.3, -0.25) is 9.59 Å². The normalized spacial score (nSPS) is 9.81. The summed E-state index contributed by atoms with van der Waals surface area (Å²) in [6.45, 7) is 5.13. The lowest BCUT2D eigenvalue weighted by Gasteiger charge is -2.01. The van der Waals surface area contributed by atoms with Crippen LogP contribution >= 0.6 is 0 Å². The second kappa shape index (κ2) is 6.01. The highest BCUT2D eigenvalue weighted by Crippen LogP contribution is 2.09. The van der Waals surface area contributed by atoms with Gasteiger partial charge in [0.15, 0.2) is 11.6 Å². The summed E-state index contributed by atoms with van der Waals surface area (Å²) in [5.41, 5.74) is 1.32. The fraction of sp³-hybridized carbons (Fsp3) is 0.286. The van der Waals surface area contributed by atoms with Gasteiger partial charge in [-0.1, -0.05) is 30.3 Å². The van der Waals surface area contributed by atoms with E-state index in [4.69, 9.17) is 0 Å². The van der Waals surface area contributed by atoms with E-state index < -0.39 is 0 Å². The maximum Gasteiger partial charge on any atom is 0.162 e. The average molecular weight is 216 g/mol. The van der Waals surface area contributed by atoms with Gasteiger partial charge in [0.2, 0.25) is 0 Å². The number of Topliss-reactive ketones (excluding diaryl/α,β-unsaturated/α-hetero) is 2. The van der Waals surface area contributed by atoms with Crippen LogP contribution < -0.4 is 0 Å². The second-order valence-corrected chi connectivity index (χ2v) is 3.74. The molecule has 0 bridgehead atoms. The molecule has 0 saturated heterocycles. The van der Waals surface area contributed by atoms with E-state index in [1.54, 1.807) is 24.3 Å². The second-order valence-electron chi connectivity index (χ2n) is 3.74. The predicted molar refractivity (Wildman–Crippen MR) is 64.8 cm³/mol. The van der Waals surface area contributed by atoms with Gasteiger partial charge in [0, 0.05) is 17.5 Å². The number of allylic oxidation sites excluding steroid dienone is 1. The first-order valence-corrected chi connectivity index (χ1v) is 5.40. The minimum absolute atomic E-state index is 0.0191. The van der Waals surface area contributed by atoms with Gasteiger partial charge >= 0.3 is 0 Å². The number of benzene rings is 1. The molecule has 0 aliphatic carbocycles. The summed E-state index contributed by atoms with van der Waals surface area (Å²) in [4.78, 5) is 22.7. The first-order chi connectivity index (χ1) is 7.65. The summed E-state index contributed by atoms with van der Waals surface area (Å²) >= 11 is 0. The van der Waals surface area contributed by atoms with Crippen LogP contribution in [0.4, 0.5) is 0 Å². The van der Waals surface area contributed by atoms with Crippen molar-refractivity contribution in [1.82, 2.24) is 0 Å². The van der Waals surface area contributed by atoms with E-state index in [1.807, 2.05) is 6.08 Å². The van der Waals surface area contributed by atoms with Crippen molar-refractivity contribution in [3.8, 4) is 0 Å². The Morgan fingerprint density at radius 3 is 2.25 bits per heavy atom. The van der Waals surface area contributed by atoms with Gasteiger partial charge in [0.1, 0.15) is 0 Å². The van der Waals surface area contributed by atoms with Gasteiger partial charge in [-0.15, -0.1) is 6.58 Å². The lowest BCUT2D eigenvalue weighted by molar-refractivity contribution is 0.0976. The molecule has 0 aromatic heterocycles. The molecule has 1 rings (SSSR count). The Morgan fingerprint density at radius 1 is 1.19 bits per heavy atom. The first-order valence-electron chi connectivity index (χ1n) is 5.40. The molecule has 0 spiro atoms. The Kier molecular flexibility index (Phi) is 4.65. The molecule has 0 aliphatic heterocycles. The Hall–Kier alpha value is -1.70. The minimum Gasteiger partial charge on any atom is -0.295 e. The third-order valence-corrected chi connectivity index (χ3v) is 2.43. The standard InChI is InChI=1S/C14H16O2/c1-3-4-5-6-14(16)13-9-7-12(8-10-13)11(2)15/h3,7-10H,1,4-6H2,2H3. The summed E-state index contributed by atoms with van der Waals surface area (Å²) in [5, 5.41) is 0. The predicted octanol–water partition coefficient (Wildman–Crippen LogP) is 3.43. The molecule has 16 heavy (non-hydrogen) atoms. The largest absolute Gasteiger partial charge is 0.295 e. The molecule has 1 aromatic rings. The number of hydrogen-bond acceptors (Lipinski definition) is 2. The highest BCUT2D eigenvalue weighted by atomic mass is 16.1. The summed E-state index contributed by atoms with van der Waals surface area (Å²) in [5.74, 6) is 0.141. The van der Waals surface area contributed by atoms with Crippen molar-refractivity contribution in [3.05, 3.63) is 48.0 Å². The minimum atomic E-state index is 0.0191. The van der Waals surface area contributed by atoms with Crippen LogP contribution in [0.2, 0.25) is 0 Å². The fourth-order valence-electron chi connectivity index (χ4n) is 1.44. The van der Waals surface area contributed by atoms with Crippen molar-refractivity contribution in [3.63, 3.8) is 0 Å². The molecule has 0 unspecified atom stereocenters. The molecule has 0 radical (unpaired) electrons. The monoisotopic (exact) mass is 216 g/mol. The molecular formula is C14H16O2. The zero-order valence-electron chi connectivity index (χ0n) is 9.53. The zero-order valence-corrected chi connectivity index (χ0v) is 9.53. The van der Waals surface area contributed by atoms with E-state index in [0.29, 0.717) is 17.5 Å². The molecular weight excluding hydrogens is 200 g/mol. The number of rotatable bonds is 6. The number of ketones is 2. The Morgan fingerprint density at radius 2 is 1.75 bits per heavy atom. The molecule has 0 fully saturated rings. The van der Waals surface area contributed by atoms with E-state index in [9.17, 15) is 9.59 Å². The molecule has 0 amide bonds. The SMILES string of the molecule is C=CCCCC(=O)c1ccc(C(C)=O)cc1. The Bertz CT molecular complexity index is 388. The third kappa shape index (κ3) is 3.46. The third-order valence-electron chi connectivity index (χ3n) is 2.43. The van der Waals surface area contributed by atoms with Gasteiger partial charge < -0.3 is 0 Å². The van der Waals surface area contributed by atoms with Crippen LogP contribution in [0.15, 0.2) is 36.9 Å². The molecule has 0 atom stereocenters. The van der Waals surface area contributed by atoms with Gasteiger partial charge in [-0.05, 0) is 19.8 Å². The quantitative estimate of drug-likeness (QED) is 0.415. The summed E-state index contributed by atoms with van der Waals surface area (Å²) in [6, 6.07) is 6.83. The number of carbonyl (C=O) groups is 2. The number of unbranched alkanes of at least 4 members (excludes halogenated alkanes) is 1. The van der Waals surface area contributed by atoms with Crippen LogP contribution in [0.1, 0.15) is 46.9 Å². The molecule has 1 aromatic carbocycles. The zero-order chi connectivity index (χ0) is 12.0. The van der Waals surface area contributed by atoms with E-state index in [0.717, 1.165) is 12.8 Å². The molecule has 0 N–H and O–H groups in total. The van der Waals surface area contributed by atoms with E-state index in [1.165, 1.54) is 6.92 Å². The van der Waals surface area contributed by atoms with Crippen molar-refractivity contribution in [2.75, 3.05) is 0 Å². The average Bonchev–Trinajstić information content (AvgIpc) is 2.29. The molecule has 2 nitrogen and oxygen atoms in total. The van der Waals surface area contributed by atoms with Gasteiger partial charge in [-0.25, -0.2) is 0 Å². The van der Waals surface area contributed by atoms with Crippen LogP contribution in [-0.2, 0) is 0 Å². The van der Waals surface area contributed by atoms with E-state index in [2.05, 4.69) is 6.58 Å². The maximum atomic E-state index is 11.7. The fourth-order valence-corrected chi connectivity index (χ4v) is 1.44. The topological polar surface area (TPSA) is 34.1 Å². The number of hydrogen-bond donors (Lipinski definition) is 0. The number of carbonyl (C=O) groups excluding carboxylic acids is 2. The van der Waals surface area contributed by atoms with Crippen LogP contribution in [0.5, 0.6) is 0 Å². The van der Waals surface area contributed by atoms with Crippen LogP contribution in [-0.4, -0.2) is 11.6 Å². The molecule has 2 heteroatoms. The van der Waals surface area contributed by atoms with Crippen molar-refractivity contribution < 1.29 is 9.59 Å². The highest BCUT2D eigenvalue weighted by molar-refractivity contribution is 5.98. The van der Waals surface area contributed by atoms with Gasteiger partial charge in [-0.2, -0.15) is 0 Å². The molecule has 0 saturated carbocycles. The van der Waals surface area contributed by atoms with Crippen molar-refractivity contribution in [2.45, 2.75) is 26.2 Å². The molecule has 84 valence electrons. The Labute approximate surface area is 96.0 Å². The van der Waals surface area contributed by atoms with Gasteiger partial charge in [0.05, 0.1) is 0 Å². The van der Waals surface area contributed by atoms with Crippen LogP contribution in [0.25, 0.3) is 0 Å². The van der Waals surface area contributed by atoms with Crippen LogP contribution in [0, 0.1) is 0 Å². The van der Waals surface area contributed by atoms with Crippen LogP contribution in [0.3, 0.4) is 0 Å². The molecule has 0 heterocycles. The lowest BCUT2D eigenvalue weighted by Crippen LogP contribution is -2.00. The summed E-state index contributed by atoms with van der Waals surface area (Å²) in [6.07, 6.45) is 4.03. The highest BCUT2D eigenvalue weighted by Gasteiger charge is 2.05. The first kappa shape index (κ1) is 12.4. The van der Waals surface area contributed by atoms with E-state index in [-0.39, 0.29) is 11.6 Å². The van der Waals surface area contributed by atoms with Crippen molar-refractivity contribution in [1.29, 1.82) is 0 Å². The lowest BCUT2D eigenvalue weighted by atomic mass is 10.0. The summed E-state index contributed by atoms with van der Waals surface area (Å²) in [7, 11) is 0.